The molecule has 1 aromatic rings. The number of ether oxygens (including phenoxy) is 1. The number of methoxy groups -OCH3 is 1. The minimum atomic E-state index is -0.484. The lowest BCUT2D eigenvalue weighted by Crippen LogP contribution is -2.46. The summed E-state index contributed by atoms with van der Waals surface area (Å²) in [5.74, 6) is 6.48. The third-order valence-electron chi connectivity index (χ3n) is 6.88. The zero-order chi connectivity index (χ0) is 25.8. The van der Waals surface area contributed by atoms with Crippen molar-refractivity contribution in [2.45, 2.75) is 85.6 Å². The van der Waals surface area contributed by atoms with Crippen molar-refractivity contribution in [3.05, 3.63) is 15.8 Å². The van der Waals surface area contributed by atoms with Crippen LogP contribution in [-0.4, -0.2) is 48.9 Å². The van der Waals surface area contributed by atoms with E-state index in [9.17, 15) is 14.4 Å². The number of carbonyl (C=O) groups is 3. The average molecular weight is 501 g/mol. The van der Waals surface area contributed by atoms with Crippen molar-refractivity contribution in [1.82, 2.24) is 4.90 Å². The summed E-state index contributed by atoms with van der Waals surface area (Å²) >= 11 is 1.25. The molecule has 2 aliphatic rings. The maximum absolute atomic E-state index is 14.0. The lowest BCUT2D eigenvalue weighted by molar-refractivity contribution is -0.130. The van der Waals surface area contributed by atoms with E-state index in [-0.39, 0.29) is 35.6 Å². The number of carbonyl (C=O) groups excluding carboxylic acids is 3. The number of hydrogen-bond donors (Lipinski definition) is 0. The Morgan fingerprint density at radius 3 is 2.37 bits per heavy atom. The summed E-state index contributed by atoms with van der Waals surface area (Å²) in [7, 11) is 1.35. The van der Waals surface area contributed by atoms with Gasteiger partial charge in [-0.1, -0.05) is 18.8 Å². The molecular formula is C28H40N2O4S. The molecule has 0 bridgehead atoms. The van der Waals surface area contributed by atoms with E-state index in [0.29, 0.717) is 21.4 Å². The van der Waals surface area contributed by atoms with Gasteiger partial charge in [-0.25, -0.2) is 4.79 Å². The van der Waals surface area contributed by atoms with Gasteiger partial charge in [0.1, 0.15) is 4.88 Å². The zero-order valence-corrected chi connectivity index (χ0v) is 22.9. The largest absolute Gasteiger partial charge is 0.465 e. The monoisotopic (exact) mass is 500 g/mol. The Labute approximate surface area is 214 Å². The molecule has 1 saturated heterocycles. The van der Waals surface area contributed by atoms with Crippen LogP contribution in [0.15, 0.2) is 6.07 Å². The lowest BCUT2D eigenvalue weighted by Gasteiger charge is -2.35. The molecule has 1 aromatic heterocycles. The van der Waals surface area contributed by atoms with Crippen molar-refractivity contribution in [3.8, 4) is 11.8 Å². The Morgan fingerprint density at radius 2 is 1.80 bits per heavy atom. The first-order chi connectivity index (χ1) is 16.5. The van der Waals surface area contributed by atoms with Gasteiger partial charge in [-0.15, -0.1) is 11.3 Å². The van der Waals surface area contributed by atoms with E-state index in [1.807, 2.05) is 38.7 Å². The Balaban J connectivity index is 2.00. The van der Waals surface area contributed by atoms with Gasteiger partial charge in [0.2, 0.25) is 11.8 Å². The number of amides is 2. The molecule has 1 atom stereocenters. The molecule has 2 amide bonds. The van der Waals surface area contributed by atoms with Gasteiger partial charge in [0.25, 0.3) is 0 Å². The van der Waals surface area contributed by atoms with E-state index in [4.69, 9.17) is 4.74 Å². The minimum Gasteiger partial charge on any atom is -0.465 e. The molecule has 2 heterocycles. The van der Waals surface area contributed by atoms with Gasteiger partial charge in [0.05, 0.1) is 17.7 Å². The summed E-state index contributed by atoms with van der Waals surface area (Å²) in [5, 5.41) is 0. The highest BCUT2D eigenvalue weighted by Crippen LogP contribution is 2.37. The third kappa shape index (κ3) is 7.10. The third-order valence-corrected chi connectivity index (χ3v) is 7.90. The summed E-state index contributed by atoms with van der Waals surface area (Å²) in [6.07, 6.45) is 5.97. The second-order valence-corrected chi connectivity index (χ2v) is 12.2. The van der Waals surface area contributed by atoms with Crippen LogP contribution in [0, 0.1) is 29.1 Å². The maximum Gasteiger partial charge on any atom is 0.350 e. The molecule has 0 aromatic carbocycles. The van der Waals surface area contributed by atoms with Gasteiger partial charge in [-0.2, -0.15) is 0 Å². The number of rotatable bonds is 6. The summed E-state index contributed by atoms with van der Waals surface area (Å²) in [6, 6.07) is 1.45. The zero-order valence-electron chi connectivity index (χ0n) is 22.1. The fourth-order valence-corrected chi connectivity index (χ4v) is 5.75. The van der Waals surface area contributed by atoms with Crippen molar-refractivity contribution in [2.75, 3.05) is 25.1 Å². The highest BCUT2D eigenvalue weighted by Gasteiger charge is 2.36. The average Bonchev–Trinajstić information content (AvgIpc) is 3.48. The van der Waals surface area contributed by atoms with Crippen molar-refractivity contribution in [1.29, 1.82) is 0 Å². The van der Waals surface area contributed by atoms with Gasteiger partial charge >= 0.3 is 5.97 Å². The maximum atomic E-state index is 14.0. The Bertz CT molecular complexity index is 983. The van der Waals surface area contributed by atoms with Crippen molar-refractivity contribution in [3.63, 3.8) is 0 Å². The smallest absolute Gasteiger partial charge is 0.350 e. The van der Waals surface area contributed by atoms with Crippen LogP contribution >= 0.6 is 11.3 Å². The molecule has 0 unspecified atom stereocenters. The molecular weight excluding hydrogens is 460 g/mol. The molecule has 7 heteroatoms. The quantitative estimate of drug-likeness (QED) is 0.383. The molecule has 1 aliphatic heterocycles. The number of likely N-dealkylation sites (tertiary alicyclic amines) is 1. The SMILES string of the molecule is COC(=O)c1sc(C#CC(C)(C)C)cc1N(C(=O)C1CCC(C)CC1)[C@@H](C)CC(=O)N1CCCC1. The summed E-state index contributed by atoms with van der Waals surface area (Å²) < 4.78 is 5.08. The minimum absolute atomic E-state index is 0.00287. The predicted octanol–water partition coefficient (Wildman–Crippen LogP) is 5.49. The fraction of sp³-hybridized carbons (Fsp3) is 0.679. The Hall–Kier alpha value is -2.33. The van der Waals surface area contributed by atoms with Gasteiger partial charge in [0.15, 0.2) is 0 Å². The van der Waals surface area contributed by atoms with E-state index in [1.54, 1.807) is 4.90 Å². The number of esters is 1. The highest BCUT2D eigenvalue weighted by atomic mass is 32.1. The van der Waals surface area contributed by atoms with E-state index >= 15 is 0 Å². The first-order valence-electron chi connectivity index (χ1n) is 12.9. The fourth-order valence-electron chi connectivity index (χ4n) is 4.83. The number of hydrogen-bond acceptors (Lipinski definition) is 5. The van der Waals surface area contributed by atoms with Crippen LogP contribution in [0.2, 0.25) is 0 Å². The summed E-state index contributed by atoms with van der Waals surface area (Å²) in [4.78, 5) is 44.4. The number of nitrogens with zero attached hydrogens (tertiary/aromatic N) is 2. The molecule has 2 fully saturated rings. The second kappa shape index (κ2) is 11.6. The molecule has 0 N–H and O–H groups in total. The molecule has 35 heavy (non-hydrogen) atoms. The molecule has 6 nitrogen and oxygen atoms in total. The molecule has 0 spiro atoms. The number of thiophene rings is 1. The van der Waals surface area contributed by atoms with Gasteiger partial charge in [-0.05, 0) is 78.2 Å². The molecule has 3 rings (SSSR count). The van der Waals surface area contributed by atoms with Crippen molar-refractivity contribution < 1.29 is 19.1 Å². The summed E-state index contributed by atoms with van der Waals surface area (Å²) in [5.41, 5.74) is 0.324. The molecule has 0 radical (unpaired) electrons. The van der Waals surface area contributed by atoms with E-state index in [1.165, 1.54) is 18.4 Å². The number of anilines is 1. The van der Waals surface area contributed by atoms with Crippen LogP contribution in [0.1, 0.15) is 94.1 Å². The first-order valence-corrected chi connectivity index (χ1v) is 13.7. The normalized spacial score (nSPS) is 21.1. The standard InChI is InChI=1S/C28H40N2O4S/c1-19-9-11-21(12-10-19)26(32)30(20(2)17-24(31)29-15-7-8-16-29)23-18-22(13-14-28(3,4)5)35-25(23)27(33)34-6/h18-21H,7-12,15-17H2,1-6H3/t19?,20-,21?/m0/s1. The van der Waals surface area contributed by atoms with Crippen LogP contribution < -0.4 is 4.90 Å². The highest BCUT2D eigenvalue weighted by molar-refractivity contribution is 7.15. The van der Waals surface area contributed by atoms with Gasteiger partial charge in [0, 0.05) is 36.9 Å². The predicted molar refractivity (Wildman–Crippen MR) is 140 cm³/mol. The second-order valence-electron chi connectivity index (χ2n) is 11.1. The van der Waals surface area contributed by atoms with E-state index in [0.717, 1.165) is 51.6 Å². The Morgan fingerprint density at radius 1 is 1.17 bits per heavy atom. The van der Waals surface area contributed by atoms with Crippen LogP contribution in [0.25, 0.3) is 0 Å². The van der Waals surface area contributed by atoms with Crippen LogP contribution in [0.4, 0.5) is 5.69 Å². The van der Waals surface area contributed by atoms with Gasteiger partial charge in [-0.3, -0.25) is 9.59 Å². The van der Waals surface area contributed by atoms with Crippen molar-refractivity contribution >= 4 is 34.8 Å². The lowest BCUT2D eigenvalue weighted by atomic mass is 9.82. The topological polar surface area (TPSA) is 66.9 Å². The molecule has 1 aliphatic carbocycles. The van der Waals surface area contributed by atoms with Crippen LogP contribution in [0.5, 0.6) is 0 Å². The molecule has 192 valence electrons. The van der Waals surface area contributed by atoms with Crippen LogP contribution in [0.3, 0.4) is 0 Å². The van der Waals surface area contributed by atoms with Crippen LogP contribution in [-0.2, 0) is 14.3 Å². The van der Waals surface area contributed by atoms with E-state index in [2.05, 4.69) is 18.8 Å². The summed E-state index contributed by atoms with van der Waals surface area (Å²) in [6.45, 7) is 11.8. The molecule has 1 saturated carbocycles. The Kier molecular flexibility index (Phi) is 9.04. The first kappa shape index (κ1) is 27.3. The van der Waals surface area contributed by atoms with Gasteiger partial charge < -0.3 is 14.5 Å². The van der Waals surface area contributed by atoms with Crippen molar-refractivity contribution in [2.24, 2.45) is 17.3 Å². The van der Waals surface area contributed by atoms with E-state index < -0.39 is 5.97 Å².